The van der Waals surface area contributed by atoms with Gasteiger partial charge >= 0.3 is 0 Å². The molecule has 0 bridgehead atoms. The number of amides is 1. The van der Waals surface area contributed by atoms with Gasteiger partial charge in [-0.15, -0.1) is 0 Å². The smallest absolute Gasteiger partial charge is 0.258 e. The molecule has 0 atom stereocenters. The van der Waals surface area contributed by atoms with Crippen LogP contribution in [0.15, 0.2) is 71.5 Å². The van der Waals surface area contributed by atoms with Crippen molar-refractivity contribution in [1.29, 1.82) is 0 Å². The zero-order chi connectivity index (χ0) is 15.4. The average molecular weight is 354 g/mol. The Bertz CT molecular complexity index is 771. The van der Waals surface area contributed by atoms with E-state index < -0.39 is 0 Å². The number of nitrogens with one attached hydrogen (secondary N) is 1. The topological polar surface area (TPSA) is 54.9 Å². The van der Waals surface area contributed by atoms with Gasteiger partial charge in [-0.25, -0.2) is 9.97 Å². The van der Waals surface area contributed by atoms with Crippen LogP contribution in [0.3, 0.4) is 0 Å². The summed E-state index contributed by atoms with van der Waals surface area (Å²) in [5.74, 6) is 0.364. The first-order valence-electron chi connectivity index (χ1n) is 6.67. The molecular weight excluding hydrogens is 342 g/mol. The van der Waals surface area contributed by atoms with E-state index in [0.717, 1.165) is 15.7 Å². The molecule has 22 heavy (non-hydrogen) atoms. The third kappa shape index (κ3) is 3.38. The zero-order valence-corrected chi connectivity index (χ0v) is 13.1. The van der Waals surface area contributed by atoms with E-state index in [-0.39, 0.29) is 5.91 Å². The molecular formula is C17H12BrN3O. The Balaban J connectivity index is 1.75. The Morgan fingerprint density at radius 2 is 1.55 bits per heavy atom. The lowest BCUT2D eigenvalue weighted by Crippen LogP contribution is -2.12. The van der Waals surface area contributed by atoms with Crippen LogP contribution in [-0.2, 0) is 0 Å². The molecule has 1 N–H and O–H groups in total. The number of carbonyl (C=O) groups excluding carboxylic acids is 1. The second kappa shape index (κ2) is 6.49. The summed E-state index contributed by atoms with van der Waals surface area (Å²) in [4.78, 5) is 20.6. The normalized spacial score (nSPS) is 10.2. The number of halogens is 1. The molecule has 3 aromatic rings. The quantitative estimate of drug-likeness (QED) is 0.769. The molecule has 0 saturated heterocycles. The van der Waals surface area contributed by atoms with Crippen molar-refractivity contribution in [3.63, 3.8) is 0 Å². The number of hydrogen-bond acceptors (Lipinski definition) is 3. The fraction of sp³-hybridized carbons (Fsp3) is 0. The molecule has 0 aliphatic rings. The van der Waals surface area contributed by atoms with Crippen LogP contribution >= 0.6 is 15.9 Å². The van der Waals surface area contributed by atoms with Gasteiger partial charge in [0, 0.05) is 28.1 Å². The van der Waals surface area contributed by atoms with Crippen molar-refractivity contribution in [2.45, 2.75) is 0 Å². The van der Waals surface area contributed by atoms with Crippen molar-refractivity contribution in [2.75, 3.05) is 5.32 Å². The molecule has 0 spiro atoms. The molecule has 1 aromatic heterocycles. The lowest BCUT2D eigenvalue weighted by Gasteiger charge is -2.05. The first-order valence-corrected chi connectivity index (χ1v) is 7.46. The number of aromatic nitrogens is 2. The summed E-state index contributed by atoms with van der Waals surface area (Å²) in [5, 5.41) is 2.80. The Morgan fingerprint density at radius 1 is 0.909 bits per heavy atom. The van der Waals surface area contributed by atoms with Crippen LogP contribution in [0.25, 0.3) is 11.4 Å². The second-order valence-corrected chi connectivity index (χ2v) is 5.54. The standard InChI is InChI=1S/C17H12BrN3O/c18-14-6-8-15(9-7-14)21-17(22)13-10-19-16(20-11-13)12-4-2-1-3-5-12/h1-11H,(H,21,22). The SMILES string of the molecule is O=C(Nc1ccc(Br)cc1)c1cnc(-c2ccccc2)nc1. The van der Waals surface area contributed by atoms with Crippen LogP contribution in [0.2, 0.25) is 0 Å². The predicted molar refractivity (Wildman–Crippen MR) is 89.6 cm³/mol. The lowest BCUT2D eigenvalue weighted by molar-refractivity contribution is 0.102. The van der Waals surface area contributed by atoms with Crippen molar-refractivity contribution in [1.82, 2.24) is 9.97 Å². The Kier molecular flexibility index (Phi) is 4.25. The third-order valence-electron chi connectivity index (χ3n) is 3.05. The van der Waals surface area contributed by atoms with Gasteiger partial charge in [0.1, 0.15) is 0 Å². The maximum absolute atomic E-state index is 12.1. The second-order valence-electron chi connectivity index (χ2n) is 4.62. The average Bonchev–Trinajstić information content (AvgIpc) is 2.58. The van der Waals surface area contributed by atoms with E-state index in [1.165, 1.54) is 12.4 Å². The summed E-state index contributed by atoms with van der Waals surface area (Å²) in [6.45, 7) is 0. The van der Waals surface area contributed by atoms with E-state index in [2.05, 4.69) is 31.2 Å². The number of carbonyl (C=O) groups is 1. The van der Waals surface area contributed by atoms with Crippen LogP contribution in [0.1, 0.15) is 10.4 Å². The van der Waals surface area contributed by atoms with Crippen molar-refractivity contribution in [3.05, 3.63) is 77.0 Å². The van der Waals surface area contributed by atoms with Gasteiger partial charge in [-0.3, -0.25) is 4.79 Å². The predicted octanol–water partition coefficient (Wildman–Crippen LogP) is 4.16. The van der Waals surface area contributed by atoms with E-state index in [4.69, 9.17) is 0 Å². The molecule has 4 nitrogen and oxygen atoms in total. The number of nitrogens with zero attached hydrogens (tertiary/aromatic N) is 2. The maximum atomic E-state index is 12.1. The molecule has 1 heterocycles. The minimum Gasteiger partial charge on any atom is -0.322 e. The zero-order valence-electron chi connectivity index (χ0n) is 11.5. The summed E-state index contributed by atoms with van der Waals surface area (Å²) in [6, 6.07) is 17.0. The Hall–Kier alpha value is -2.53. The molecule has 0 saturated carbocycles. The molecule has 0 aliphatic carbocycles. The number of anilines is 1. The first-order chi connectivity index (χ1) is 10.7. The summed E-state index contributed by atoms with van der Waals surface area (Å²) in [5.41, 5.74) is 2.06. The minimum atomic E-state index is -0.234. The molecule has 2 aromatic carbocycles. The van der Waals surface area contributed by atoms with Gasteiger partial charge < -0.3 is 5.32 Å². The summed E-state index contributed by atoms with van der Waals surface area (Å²) in [7, 11) is 0. The highest BCUT2D eigenvalue weighted by molar-refractivity contribution is 9.10. The fourth-order valence-electron chi connectivity index (χ4n) is 1.92. The van der Waals surface area contributed by atoms with E-state index in [9.17, 15) is 4.79 Å². The van der Waals surface area contributed by atoms with E-state index in [1.807, 2.05) is 54.6 Å². The monoisotopic (exact) mass is 353 g/mol. The number of hydrogen-bond donors (Lipinski definition) is 1. The van der Waals surface area contributed by atoms with E-state index in [0.29, 0.717) is 11.4 Å². The molecule has 5 heteroatoms. The van der Waals surface area contributed by atoms with Gasteiger partial charge in [0.05, 0.1) is 5.56 Å². The van der Waals surface area contributed by atoms with E-state index in [1.54, 1.807) is 0 Å². The van der Waals surface area contributed by atoms with Gasteiger partial charge in [-0.05, 0) is 24.3 Å². The van der Waals surface area contributed by atoms with Crippen molar-refractivity contribution in [3.8, 4) is 11.4 Å². The third-order valence-corrected chi connectivity index (χ3v) is 3.58. The summed E-state index contributed by atoms with van der Waals surface area (Å²) >= 11 is 3.35. The van der Waals surface area contributed by atoms with Crippen LogP contribution in [-0.4, -0.2) is 15.9 Å². The maximum Gasteiger partial charge on any atom is 0.258 e. The van der Waals surface area contributed by atoms with Gasteiger partial charge in [0.15, 0.2) is 5.82 Å². The lowest BCUT2D eigenvalue weighted by atomic mass is 10.2. The van der Waals surface area contributed by atoms with Gasteiger partial charge in [-0.1, -0.05) is 46.3 Å². The molecule has 0 fully saturated rings. The molecule has 0 aliphatic heterocycles. The first kappa shape index (κ1) is 14.4. The van der Waals surface area contributed by atoms with Gasteiger partial charge in [0.25, 0.3) is 5.91 Å². The van der Waals surface area contributed by atoms with Crippen LogP contribution < -0.4 is 5.32 Å². The van der Waals surface area contributed by atoms with Crippen LogP contribution in [0.5, 0.6) is 0 Å². The highest BCUT2D eigenvalue weighted by atomic mass is 79.9. The summed E-state index contributed by atoms with van der Waals surface area (Å²) in [6.07, 6.45) is 3.06. The highest BCUT2D eigenvalue weighted by Crippen LogP contribution is 2.16. The minimum absolute atomic E-state index is 0.234. The highest BCUT2D eigenvalue weighted by Gasteiger charge is 2.08. The molecule has 1 amide bonds. The fourth-order valence-corrected chi connectivity index (χ4v) is 2.18. The van der Waals surface area contributed by atoms with Crippen molar-refractivity contribution >= 4 is 27.5 Å². The van der Waals surface area contributed by atoms with Gasteiger partial charge in [-0.2, -0.15) is 0 Å². The Morgan fingerprint density at radius 3 is 2.18 bits per heavy atom. The van der Waals surface area contributed by atoms with Crippen molar-refractivity contribution < 1.29 is 4.79 Å². The van der Waals surface area contributed by atoms with Crippen molar-refractivity contribution in [2.24, 2.45) is 0 Å². The largest absolute Gasteiger partial charge is 0.322 e. The summed E-state index contributed by atoms with van der Waals surface area (Å²) < 4.78 is 0.959. The number of benzene rings is 2. The number of rotatable bonds is 3. The van der Waals surface area contributed by atoms with E-state index >= 15 is 0 Å². The molecule has 3 rings (SSSR count). The van der Waals surface area contributed by atoms with Crippen LogP contribution in [0.4, 0.5) is 5.69 Å². The molecule has 108 valence electrons. The molecule has 0 radical (unpaired) electrons. The van der Waals surface area contributed by atoms with Crippen LogP contribution in [0, 0.1) is 0 Å². The molecule has 0 unspecified atom stereocenters. The Labute approximate surface area is 136 Å². The van der Waals surface area contributed by atoms with Gasteiger partial charge in [0.2, 0.25) is 0 Å².